The van der Waals surface area contributed by atoms with E-state index in [1.807, 2.05) is 19.9 Å². The summed E-state index contributed by atoms with van der Waals surface area (Å²) in [6, 6.07) is 8.05. The van der Waals surface area contributed by atoms with Gasteiger partial charge in [0.2, 0.25) is 0 Å². The summed E-state index contributed by atoms with van der Waals surface area (Å²) in [7, 11) is 0. The van der Waals surface area contributed by atoms with Crippen LogP contribution in [0.1, 0.15) is 20.3 Å². The van der Waals surface area contributed by atoms with Crippen LogP contribution in [0.3, 0.4) is 0 Å². The normalized spacial score (nSPS) is 11.1. The molecule has 1 heterocycles. The van der Waals surface area contributed by atoms with Crippen molar-refractivity contribution < 1.29 is 19.0 Å². The number of nitrogens with zero attached hydrogens (tertiary/aromatic N) is 2. The van der Waals surface area contributed by atoms with E-state index in [1.54, 1.807) is 12.1 Å². The molecule has 3 aromatic rings. The molecule has 0 spiro atoms. The van der Waals surface area contributed by atoms with Gasteiger partial charge in [-0.05, 0) is 38.1 Å². The highest BCUT2D eigenvalue weighted by molar-refractivity contribution is 7.18. The second kappa shape index (κ2) is 9.71. The van der Waals surface area contributed by atoms with Gasteiger partial charge in [0, 0.05) is 30.2 Å². The molecule has 1 aromatic heterocycles. The lowest BCUT2D eigenvalue weighted by atomic mass is 10.2. The van der Waals surface area contributed by atoms with Gasteiger partial charge in [-0.2, -0.15) is 0 Å². The maximum Gasteiger partial charge on any atom is 0.165 e. The SMILES string of the molecule is CC(C)Oc1ccc(-c2nnc(-c3cc(F)c(OCCCO)cc3Cl)s2)cc1Cl. The summed E-state index contributed by atoms with van der Waals surface area (Å²) in [6.45, 7) is 4.01. The summed E-state index contributed by atoms with van der Waals surface area (Å²) in [5.41, 5.74) is 1.20. The number of ether oxygens (including phenoxy) is 2. The maximum absolute atomic E-state index is 14.4. The zero-order chi connectivity index (χ0) is 21.0. The summed E-state index contributed by atoms with van der Waals surface area (Å²) in [6.07, 6.45) is 0.418. The maximum atomic E-state index is 14.4. The molecule has 0 aliphatic rings. The number of rotatable bonds is 8. The van der Waals surface area contributed by atoms with E-state index in [4.69, 9.17) is 37.8 Å². The average molecular weight is 457 g/mol. The average Bonchev–Trinajstić information content (AvgIpc) is 3.15. The summed E-state index contributed by atoms with van der Waals surface area (Å²) in [5, 5.41) is 19.0. The minimum Gasteiger partial charge on any atom is -0.490 e. The number of aromatic nitrogens is 2. The predicted molar refractivity (Wildman–Crippen MR) is 114 cm³/mol. The molecule has 0 atom stereocenters. The van der Waals surface area contributed by atoms with E-state index in [-0.39, 0.29) is 25.1 Å². The van der Waals surface area contributed by atoms with Gasteiger partial charge in [-0.25, -0.2) is 4.39 Å². The lowest BCUT2D eigenvalue weighted by molar-refractivity contribution is 0.228. The van der Waals surface area contributed by atoms with Gasteiger partial charge >= 0.3 is 0 Å². The summed E-state index contributed by atoms with van der Waals surface area (Å²) < 4.78 is 25.3. The Morgan fingerprint density at radius 2 is 1.83 bits per heavy atom. The molecule has 0 aliphatic carbocycles. The van der Waals surface area contributed by atoms with Gasteiger partial charge in [0.1, 0.15) is 15.8 Å². The summed E-state index contributed by atoms with van der Waals surface area (Å²) in [4.78, 5) is 0. The van der Waals surface area contributed by atoms with Crippen molar-refractivity contribution in [3.63, 3.8) is 0 Å². The van der Waals surface area contributed by atoms with Gasteiger partial charge in [0.15, 0.2) is 11.6 Å². The molecule has 0 aliphatic heterocycles. The number of aliphatic hydroxyl groups excluding tert-OH is 1. The zero-order valence-corrected chi connectivity index (χ0v) is 18.1. The molecule has 29 heavy (non-hydrogen) atoms. The van der Waals surface area contributed by atoms with Crippen LogP contribution in [-0.4, -0.2) is 34.6 Å². The van der Waals surface area contributed by atoms with Crippen molar-refractivity contribution >= 4 is 34.5 Å². The number of hydrogen-bond donors (Lipinski definition) is 1. The van der Waals surface area contributed by atoms with Crippen LogP contribution in [0.4, 0.5) is 4.39 Å². The zero-order valence-electron chi connectivity index (χ0n) is 15.8. The fourth-order valence-electron chi connectivity index (χ4n) is 2.48. The highest BCUT2D eigenvalue weighted by Crippen LogP contribution is 2.38. The van der Waals surface area contributed by atoms with Gasteiger partial charge in [-0.1, -0.05) is 34.5 Å². The number of benzene rings is 2. The first-order valence-electron chi connectivity index (χ1n) is 8.92. The quantitative estimate of drug-likeness (QED) is 0.429. The predicted octanol–water partition coefficient (Wildman–Crippen LogP) is 5.87. The first kappa shape index (κ1) is 21.8. The van der Waals surface area contributed by atoms with Crippen molar-refractivity contribution in [3.05, 3.63) is 46.2 Å². The fourth-order valence-corrected chi connectivity index (χ4v) is 3.88. The highest BCUT2D eigenvalue weighted by Gasteiger charge is 2.17. The highest BCUT2D eigenvalue weighted by atomic mass is 35.5. The Balaban J connectivity index is 1.84. The van der Waals surface area contributed by atoms with Gasteiger partial charge in [-0.15, -0.1) is 10.2 Å². The first-order chi connectivity index (χ1) is 13.9. The number of aliphatic hydroxyl groups is 1. The monoisotopic (exact) mass is 456 g/mol. The van der Waals surface area contributed by atoms with E-state index in [1.165, 1.54) is 23.5 Å². The molecule has 5 nitrogen and oxygen atoms in total. The second-order valence-electron chi connectivity index (χ2n) is 6.41. The van der Waals surface area contributed by atoms with Crippen LogP contribution in [0.25, 0.3) is 21.1 Å². The third-order valence-electron chi connectivity index (χ3n) is 3.78. The largest absolute Gasteiger partial charge is 0.490 e. The van der Waals surface area contributed by atoms with E-state index in [9.17, 15) is 4.39 Å². The lowest BCUT2D eigenvalue weighted by Crippen LogP contribution is -2.05. The molecule has 0 bridgehead atoms. The van der Waals surface area contributed by atoms with Crippen molar-refractivity contribution in [2.45, 2.75) is 26.4 Å². The molecule has 0 unspecified atom stereocenters. The van der Waals surface area contributed by atoms with E-state index < -0.39 is 5.82 Å². The molecular formula is C20H19Cl2FN2O3S. The Morgan fingerprint density at radius 3 is 2.52 bits per heavy atom. The minimum absolute atomic E-state index is 0.0131. The number of halogens is 3. The van der Waals surface area contributed by atoms with Crippen LogP contribution >= 0.6 is 34.5 Å². The van der Waals surface area contributed by atoms with Crippen molar-refractivity contribution in [3.8, 4) is 32.6 Å². The van der Waals surface area contributed by atoms with Crippen LogP contribution in [0.5, 0.6) is 11.5 Å². The van der Waals surface area contributed by atoms with Crippen LogP contribution in [0, 0.1) is 5.82 Å². The lowest BCUT2D eigenvalue weighted by Gasteiger charge is -2.11. The van der Waals surface area contributed by atoms with Crippen LogP contribution in [0.2, 0.25) is 10.0 Å². The Bertz CT molecular complexity index is 998. The Hall–Kier alpha value is -1.93. The molecule has 9 heteroatoms. The van der Waals surface area contributed by atoms with E-state index in [0.29, 0.717) is 37.8 Å². The van der Waals surface area contributed by atoms with Crippen molar-refractivity contribution in [1.29, 1.82) is 0 Å². The van der Waals surface area contributed by atoms with Gasteiger partial charge < -0.3 is 14.6 Å². The topological polar surface area (TPSA) is 64.5 Å². The molecule has 0 radical (unpaired) electrons. The molecule has 154 valence electrons. The minimum atomic E-state index is -0.558. The fraction of sp³-hybridized carbons (Fsp3) is 0.300. The molecule has 1 N–H and O–H groups in total. The third kappa shape index (κ3) is 5.36. The Labute approximate surface area is 182 Å². The molecular weight excluding hydrogens is 438 g/mol. The van der Waals surface area contributed by atoms with Gasteiger partial charge in [0.25, 0.3) is 0 Å². The summed E-state index contributed by atoms with van der Waals surface area (Å²) in [5.74, 6) is 0.0684. The number of hydrogen-bond acceptors (Lipinski definition) is 6. The third-order valence-corrected chi connectivity index (χ3v) is 5.39. The van der Waals surface area contributed by atoms with Gasteiger partial charge in [0.05, 0.1) is 22.8 Å². The van der Waals surface area contributed by atoms with E-state index >= 15 is 0 Å². The van der Waals surface area contributed by atoms with Crippen LogP contribution in [0.15, 0.2) is 30.3 Å². The Kier molecular flexibility index (Phi) is 7.29. The summed E-state index contributed by atoms with van der Waals surface area (Å²) >= 11 is 13.9. The van der Waals surface area contributed by atoms with Crippen molar-refractivity contribution in [2.75, 3.05) is 13.2 Å². The van der Waals surface area contributed by atoms with E-state index in [2.05, 4.69) is 10.2 Å². The molecule has 3 rings (SSSR count). The van der Waals surface area contributed by atoms with Crippen molar-refractivity contribution in [1.82, 2.24) is 10.2 Å². The Morgan fingerprint density at radius 1 is 1.07 bits per heavy atom. The molecule has 0 fully saturated rings. The standard InChI is InChI=1S/C20H19Cl2FN2O3S/c1-11(2)28-17-5-4-12(8-15(17)22)19-24-25-20(29-19)13-9-16(23)18(10-14(13)21)27-7-3-6-26/h4-5,8-11,26H,3,6-7H2,1-2H3. The van der Waals surface area contributed by atoms with Crippen LogP contribution in [-0.2, 0) is 0 Å². The molecule has 2 aromatic carbocycles. The molecule has 0 saturated heterocycles. The molecule has 0 saturated carbocycles. The van der Waals surface area contributed by atoms with Gasteiger partial charge in [-0.3, -0.25) is 0 Å². The van der Waals surface area contributed by atoms with Crippen molar-refractivity contribution in [2.24, 2.45) is 0 Å². The van der Waals surface area contributed by atoms with E-state index in [0.717, 1.165) is 5.56 Å². The second-order valence-corrected chi connectivity index (χ2v) is 8.20. The van der Waals surface area contributed by atoms with Crippen LogP contribution < -0.4 is 9.47 Å². The molecule has 0 amide bonds. The smallest absolute Gasteiger partial charge is 0.165 e. The first-order valence-corrected chi connectivity index (χ1v) is 10.5.